The Hall–Kier alpha value is -3.68. The zero-order valence-electron chi connectivity index (χ0n) is 22.7. The number of carbonyl (C=O) groups excluding carboxylic acids is 3. The SMILES string of the molecule is CC(=O)Nc1ccc(S(=O)(=O)N(CC(C)C)C[C@@H](O)[C@H](Cc2ccccc2)NC(=O)OC[C@@H]2COC(=O)N2)cc1. The summed E-state index contributed by atoms with van der Waals surface area (Å²) in [6.45, 7) is 4.83. The van der Waals surface area contributed by atoms with E-state index in [2.05, 4.69) is 16.0 Å². The maximum absolute atomic E-state index is 13.6. The molecule has 0 spiro atoms. The van der Waals surface area contributed by atoms with Crippen LogP contribution < -0.4 is 16.0 Å². The second-order valence-corrected chi connectivity index (χ2v) is 11.9. The fraction of sp³-hybridized carbons (Fsp3) is 0.444. The predicted molar refractivity (Wildman–Crippen MR) is 147 cm³/mol. The molecule has 0 aliphatic carbocycles. The molecule has 1 heterocycles. The third-order valence-corrected chi connectivity index (χ3v) is 7.84. The molecule has 0 saturated carbocycles. The minimum absolute atomic E-state index is 0.00209. The number of ether oxygens (including phenoxy) is 2. The molecule has 0 unspecified atom stereocenters. The fourth-order valence-corrected chi connectivity index (χ4v) is 5.73. The van der Waals surface area contributed by atoms with Crippen molar-refractivity contribution in [2.45, 2.75) is 50.3 Å². The molecule has 4 N–H and O–H groups in total. The lowest BCUT2D eigenvalue weighted by atomic mass is 10.0. The van der Waals surface area contributed by atoms with E-state index in [1.807, 2.05) is 44.2 Å². The van der Waals surface area contributed by atoms with E-state index in [1.165, 1.54) is 35.5 Å². The number of carbonyl (C=O) groups is 3. The number of amides is 3. The summed E-state index contributed by atoms with van der Waals surface area (Å²) < 4.78 is 38.4. The highest BCUT2D eigenvalue weighted by Gasteiger charge is 2.32. The lowest BCUT2D eigenvalue weighted by Gasteiger charge is -2.30. The van der Waals surface area contributed by atoms with Crippen molar-refractivity contribution in [2.24, 2.45) is 5.92 Å². The first-order valence-corrected chi connectivity index (χ1v) is 14.3. The molecule has 40 heavy (non-hydrogen) atoms. The first-order chi connectivity index (χ1) is 18.9. The van der Waals surface area contributed by atoms with Crippen LogP contribution in [-0.2, 0) is 30.7 Å². The van der Waals surface area contributed by atoms with Gasteiger partial charge in [-0.15, -0.1) is 0 Å². The average molecular weight is 577 g/mol. The number of anilines is 1. The van der Waals surface area contributed by atoms with Crippen LogP contribution >= 0.6 is 0 Å². The number of nitrogens with one attached hydrogen (secondary N) is 3. The summed E-state index contributed by atoms with van der Waals surface area (Å²) in [5.74, 6) is -0.341. The molecule has 1 aliphatic rings. The third-order valence-electron chi connectivity index (χ3n) is 5.99. The number of hydrogen-bond donors (Lipinski definition) is 4. The highest BCUT2D eigenvalue weighted by Crippen LogP contribution is 2.21. The number of hydrogen-bond acceptors (Lipinski definition) is 8. The molecule has 0 radical (unpaired) electrons. The van der Waals surface area contributed by atoms with Gasteiger partial charge in [0.25, 0.3) is 0 Å². The Balaban J connectivity index is 1.77. The maximum Gasteiger partial charge on any atom is 0.407 e. The van der Waals surface area contributed by atoms with Crippen molar-refractivity contribution in [3.63, 3.8) is 0 Å². The molecule has 2 aromatic rings. The molecule has 1 saturated heterocycles. The Morgan fingerprint density at radius 2 is 1.80 bits per heavy atom. The molecule has 218 valence electrons. The maximum atomic E-state index is 13.6. The second-order valence-electron chi connectivity index (χ2n) is 9.97. The van der Waals surface area contributed by atoms with Crippen LogP contribution in [0.25, 0.3) is 0 Å². The molecular formula is C27H36N4O8S. The van der Waals surface area contributed by atoms with Gasteiger partial charge in [0.1, 0.15) is 19.3 Å². The van der Waals surface area contributed by atoms with E-state index in [-0.39, 0.29) is 49.4 Å². The molecule has 1 aliphatic heterocycles. The molecular weight excluding hydrogens is 540 g/mol. The Morgan fingerprint density at radius 1 is 1.12 bits per heavy atom. The minimum atomic E-state index is -4.04. The summed E-state index contributed by atoms with van der Waals surface area (Å²) in [5, 5.41) is 19.0. The van der Waals surface area contributed by atoms with E-state index in [0.717, 1.165) is 5.56 Å². The summed E-state index contributed by atoms with van der Waals surface area (Å²) in [5.41, 5.74) is 1.27. The topological polar surface area (TPSA) is 163 Å². The van der Waals surface area contributed by atoms with Crippen LogP contribution in [0.5, 0.6) is 0 Å². The van der Waals surface area contributed by atoms with Crippen LogP contribution in [0.15, 0.2) is 59.5 Å². The van der Waals surface area contributed by atoms with Gasteiger partial charge in [0.2, 0.25) is 15.9 Å². The van der Waals surface area contributed by atoms with Gasteiger partial charge in [0.05, 0.1) is 17.0 Å². The van der Waals surface area contributed by atoms with Gasteiger partial charge in [-0.3, -0.25) is 4.79 Å². The Bertz CT molecular complexity index is 1260. The van der Waals surface area contributed by atoms with Crippen molar-refractivity contribution in [3.8, 4) is 0 Å². The van der Waals surface area contributed by atoms with Crippen LogP contribution in [0.3, 0.4) is 0 Å². The number of aliphatic hydroxyl groups is 1. The van der Waals surface area contributed by atoms with E-state index >= 15 is 0 Å². The highest BCUT2D eigenvalue weighted by atomic mass is 32.2. The van der Waals surface area contributed by atoms with Crippen LogP contribution in [0.2, 0.25) is 0 Å². The molecule has 1 fully saturated rings. The predicted octanol–water partition coefficient (Wildman–Crippen LogP) is 2.10. The van der Waals surface area contributed by atoms with E-state index in [9.17, 15) is 27.9 Å². The van der Waals surface area contributed by atoms with E-state index in [4.69, 9.17) is 9.47 Å². The number of aliphatic hydroxyl groups excluding tert-OH is 1. The van der Waals surface area contributed by atoms with Crippen molar-refractivity contribution in [1.82, 2.24) is 14.9 Å². The Kier molecular flexibility index (Phi) is 10.9. The lowest BCUT2D eigenvalue weighted by molar-refractivity contribution is -0.114. The number of rotatable bonds is 13. The van der Waals surface area contributed by atoms with Gasteiger partial charge < -0.3 is 30.5 Å². The zero-order valence-corrected chi connectivity index (χ0v) is 23.5. The van der Waals surface area contributed by atoms with E-state index in [1.54, 1.807) is 0 Å². The number of sulfonamides is 1. The molecule has 0 aromatic heterocycles. The normalized spacial score (nSPS) is 16.6. The summed E-state index contributed by atoms with van der Waals surface area (Å²) in [6.07, 6.45) is -2.51. The van der Waals surface area contributed by atoms with E-state index in [0.29, 0.717) is 5.69 Å². The molecule has 0 bridgehead atoms. The van der Waals surface area contributed by atoms with Gasteiger partial charge in [-0.25, -0.2) is 18.0 Å². The standard InChI is InChI=1S/C27H36N4O8S/c1-18(2)14-31(40(36,37)23-11-9-21(10-12-23)28-19(3)32)15-25(33)24(13-20-7-5-4-6-8-20)30-27(35)39-17-22-16-38-26(34)29-22/h4-12,18,22,24-25,33H,13-17H2,1-3H3,(H,28,32)(H,29,34)(H,30,35)/t22-,24-,25+/m0/s1. The molecule has 13 heteroatoms. The average Bonchev–Trinajstić information content (AvgIpc) is 3.32. The van der Waals surface area contributed by atoms with Gasteiger partial charge in [-0.05, 0) is 42.2 Å². The summed E-state index contributed by atoms with van der Waals surface area (Å²) >= 11 is 0. The molecule has 3 amide bonds. The molecule has 3 rings (SSSR count). The largest absolute Gasteiger partial charge is 0.447 e. The van der Waals surface area contributed by atoms with Crippen molar-refractivity contribution in [3.05, 3.63) is 60.2 Å². The van der Waals surface area contributed by atoms with Crippen molar-refractivity contribution >= 4 is 33.8 Å². The Labute approximate surface area is 234 Å². The molecule has 2 aromatic carbocycles. The van der Waals surface area contributed by atoms with Gasteiger partial charge in [0.15, 0.2) is 0 Å². The van der Waals surface area contributed by atoms with Gasteiger partial charge in [-0.1, -0.05) is 44.2 Å². The van der Waals surface area contributed by atoms with Crippen molar-refractivity contribution in [2.75, 3.05) is 31.6 Å². The summed E-state index contributed by atoms with van der Waals surface area (Å²) in [4.78, 5) is 35.1. The number of alkyl carbamates (subject to hydrolysis) is 2. The lowest BCUT2D eigenvalue weighted by Crippen LogP contribution is -2.51. The zero-order chi connectivity index (χ0) is 29.3. The minimum Gasteiger partial charge on any atom is -0.447 e. The second kappa shape index (κ2) is 14.1. The van der Waals surface area contributed by atoms with Gasteiger partial charge in [0, 0.05) is 25.7 Å². The van der Waals surface area contributed by atoms with Crippen molar-refractivity contribution < 1.29 is 37.4 Å². The first-order valence-electron chi connectivity index (χ1n) is 12.9. The fourth-order valence-electron chi connectivity index (χ4n) is 4.11. The monoisotopic (exact) mass is 576 g/mol. The van der Waals surface area contributed by atoms with E-state index < -0.39 is 40.4 Å². The number of benzene rings is 2. The molecule has 12 nitrogen and oxygen atoms in total. The summed E-state index contributed by atoms with van der Waals surface area (Å²) in [6, 6.07) is 13.5. The third kappa shape index (κ3) is 9.21. The van der Waals surface area contributed by atoms with Crippen LogP contribution in [0.1, 0.15) is 26.3 Å². The number of cyclic esters (lactones) is 1. The molecule has 3 atom stereocenters. The smallest absolute Gasteiger partial charge is 0.407 e. The van der Waals surface area contributed by atoms with Gasteiger partial charge >= 0.3 is 12.2 Å². The highest BCUT2D eigenvalue weighted by molar-refractivity contribution is 7.89. The van der Waals surface area contributed by atoms with Crippen LogP contribution in [-0.4, -0.2) is 80.4 Å². The quantitative estimate of drug-likeness (QED) is 0.282. The van der Waals surface area contributed by atoms with Crippen LogP contribution in [0.4, 0.5) is 15.3 Å². The Morgan fingerprint density at radius 3 is 2.38 bits per heavy atom. The summed E-state index contributed by atoms with van der Waals surface area (Å²) in [7, 11) is -4.04. The van der Waals surface area contributed by atoms with Crippen LogP contribution in [0, 0.1) is 5.92 Å². The first kappa shape index (κ1) is 30.9. The van der Waals surface area contributed by atoms with Crippen molar-refractivity contribution in [1.29, 1.82) is 0 Å². The number of nitrogens with zero attached hydrogens (tertiary/aromatic N) is 1. The van der Waals surface area contributed by atoms with Gasteiger partial charge in [-0.2, -0.15) is 4.31 Å².